The summed E-state index contributed by atoms with van der Waals surface area (Å²) in [6.45, 7) is 1.84. The van der Waals surface area contributed by atoms with E-state index in [-0.39, 0.29) is 24.3 Å². The van der Waals surface area contributed by atoms with Crippen LogP contribution in [0.1, 0.15) is 51.9 Å². The van der Waals surface area contributed by atoms with E-state index in [4.69, 9.17) is 0 Å². The molecule has 0 radical (unpaired) electrons. The molecule has 2 fully saturated rings. The molecule has 2 rings (SSSR count). The van der Waals surface area contributed by atoms with Crippen LogP contribution in [0.2, 0.25) is 0 Å². The highest BCUT2D eigenvalue weighted by Crippen LogP contribution is 2.29. The van der Waals surface area contributed by atoms with Crippen molar-refractivity contribution < 1.29 is 19.8 Å². The summed E-state index contributed by atoms with van der Waals surface area (Å²) >= 11 is 0. The lowest BCUT2D eigenvalue weighted by Crippen LogP contribution is -2.56. The highest BCUT2D eigenvalue weighted by molar-refractivity contribution is 5.86. The van der Waals surface area contributed by atoms with Gasteiger partial charge in [-0.3, -0.25) is 9.59 Å². The van der Waals surface area contributed by atoms with Crippen LogP contribution in [0.15, 0.2) is 0 Å². The maximum atomic E-state index is 12.5. The van der Waals surface area contributed by atoms with Gasteiger partial charge in [0.25, 0.3) is 0 Å². The van der Waals surface area contributed by atoms with Gasteiger partial charge in [-0.05, 0) is 32.1 Å². The van der Waals surface area contributed by atoms with Crippen molar-refractivity contribution in [3.8, 4) is 0 Å². The van der Waals surface area contributed by atoms with E-state index in [1.807, 2.05) is 6.92 Å². The predicted molar refractivity (Wildman–Crippen MR) is 81.9 cm³/mol. The fourth-order valence-corrected chi connectivity index (χ4v) is 3.44. The van der Waals surface area contributed by atoms with Crippen molar-refractivity contribution in [1.29, 1.82) is 0 Å². The smallest absolute Gasteiger partial charge is 0.228 e. The molecular weight excluding hydrogens is 284 g/mol. The van der Waals surface area contributed by atoms with E-state index in [1.54, 1.807) is 0 Å². The number of hydrogen-bond acceptors (Lipinski definition) is 4. The zero-order chi connectivity index (χ0) is 16.2. The van der Waals surface area contributed by atoms with Crippen LogP contribution in [0, 0.1) is 11.3 Å². The van der Waals surface area contributed by atoms with E-state index >= 15 is 0 Å². The van der Waals surface area contributed by atoms with Gasteiger partial charge in [0, 0.05) is 13.0 Å². The van der Waals surface area contributed by atoms with E-state index < -0.39 is 17.6 Å². The Kier molecular flexibility index (Phi) is 5.81. The second-order valence-electron chi connectivity index (χ2n) is 6.99. The molecule has 1 heterocycles. The number of rotatable bonds is 5. The van der Waals surface area contributed by atoms with E-state index in [2.05, 4.69) is 10.6 Å². The first kappa shape index (κ1) is 17.2. The van der Waals surface area contributed by atoms with Crippen LogP contribution in [-0.4, -0.2) is 47.3 Å². The number of hydrogen-bond donors (Lipinski definition) is 4. The summed E-state index contributed by atoms with van der Waals surface area (Å²) in [7, 11) is 0. The lowest BCUT2D eigenvalue weighted by Gasteiger charge is -2.36. The molecule has 126 valence electrons. The van der Waals surface area contributed by atoms with Crippen LogP contribution >= 0.6 is 0 Å². The van der Waals surface area contributed by atoms with Gasteiger partial charge in [0.15, 0.2) is 0 Å². The third kappa shape index (κ3) is 3.98. The number of carbonyl (C=O) groups excluding carboxylic acids is 2. The minimum atomic E-state index is -0.712. The molecule has 2 aliphatic rings. The van der Waals surface area contributed by atoms with Crippen molar-refractivity contribution in [2.75, 3.05) is 13.2 Å². The van der Waals surface area contributed by atoms with Crippen molar-refractivity contribution >= 4 is 11.8 Å². The molecule has 1 saturated carbocycles. The van der Waals surface area contributed by atoms with Crippen molar-refractivity contribution in [2.24, 2.45) is 11.3 Å². The quantitative estimate of drug-likeness (QED) is 0.587. The second kappa shape index (κ2) is 7.42. The Hall–Kier alpha value is -1.14. The van der Waals surface area contributed by atoms with Crippen molar-refractivity contribution in [3.63, 3.8) is 0 Å². The van der Waals surface area contributed by atoms with Gasteiger partial charge < -0.3 is 20.8 Å². The number of piperidine rings is 1. The van der Waals surface area contributed by atoms with E-state index in [1.165, 1.54) is 6.42 Å². The number of carbonyl (C=O) groups is 2. The van der Waals surface area contributed by atoms with Gasteiger partial charge in [-0.1, -0.05) is 19.3 Å². The van der Waals surface area contributed by atoms with Crippen LogP contribution in [0.4, 0.5) is 0 Å². The first-order chi connectivity index (χ1) is 10.5. The Morgan fingerprint density at radius 3 is 2.64 bits per heavy atom. The summed E-state index contributed by atoms with van der Waals surface area (Å²) in [6.07, 6.45) is 5.38. The lowest BCUT2D eigenvalue weighted by atomic mass is 9.80. The summed E-state index contributed by atoms with van der Waals surface area (Å²) in [5, 5.41) is 25.5. The van der Waals surface area contributed by atoms with Crippen LogP contribution < -0.4 is 10.6 Å². The third-order valence-corrected chi connectivity index (χ3v) is 5.19. The molecule has 3 atom stereocenters. The van der Waals surface area contributed by atoms with Gasteiger partial charge in [-0.2, -0.15) is 0 Å². The monoisotopic (exact) mass is 312 g/mol. The standard InChI is InChI=1S/C16H28N2O4/c1-16(8-7-13(20)17-10-16)15(22)18-12(9-19)14(21)11-5-3-2-4-6-11/h11-12,14,19,21H,2-10H2,1H3,(H,17,20)(H,18,22). The summed E-state index contributed by atoms with van der Waals surface area (Å²) in [5.74, 6) is -0.0994. The Labute approximate surface area is 131 Å². The largest absolute Gasteiger partial charge is 0.394 e. The molecule has 1 saturated heterocycles. The Morgan fingerprint density at radius 2 is 2.09 bits per heavy atom. The zero-order valence-electron chi connectivity index (χ0n) is 13.3. The number of aliphatic hydroxyl groups excluding tert-OH is 2. The molecule has 4 N–H and O–H groups in total. The molecule has 0 aromatic heterocycles. The topological polar surface area (TPSA) is 98.7 Å². The van der Waals surface area contributed by atoms with Crippen LogP contribution in [0.5, 0.6) is 0 Å². The van der Waals surface area contributed by atoms with Crippen molar-refractivity contribution in [1.82, 2.24) is 10.6 Å². The average molecular weight is 312 g/mol. The molecule has 0 bridgehead atoms. The van der Waals surface area contributed by atoms with Crippen molar-refractivity contribution in [3.05, 3.63) is 0 Å². The maximum Gasteiger partial charge on any atom is 0.228 e. The van der Waals surface area contributed by atoms with E-state index in [0.29, 0.717) is 19.4 Å². The van der Waals surface area contributed by atoms with Gasteiger partial charge in [-0.15, -0.1) is 0 Å². The molecule has 0 aromatic rings. The molecule has 0 spiro atoms. The fraction of sp³-hybridized carbons (Fsp3) is 0.875. The summed E-state index contributed by atoms with van der Waals surface area (Å²) in [5.41, 5.74) is -0.673. The number of amides is 2. The summed E-state index contributed by atoms with van der Waals surface area (Å²) in [6, 6.07) is -0.634. The van der Waals surface area contributed by atoms with Gasteiger partial charge in [0.2, 0.25) is 11.8 Å². The van der Waals surface area contributed by atoms with Gasteiger partial charge in [0.1, 0.15) is 0 Å². The van der Waals surface area contributed by atoms with Crippen LogP contribution in [0.3, 0.4) is 0 Å². The summed E-state index contributed by atoms with van der Waals surface area (Å²) < 4.78 is 0. The molecule has 6 nitrogen and oxygen atoms in total. The molecule has 2 amide bonds. The Bertz CT molecular complexity index is 397. The van der Waals surface area contributed by atoms with Crippen LogP contribution in [-0.2, 0) is 9.59 Å². The van der Waals surface area contributed by atoms with Crippen molar-refractivity contribution in [2.45, 2.75) is 64.0 Å². The lowest BCUT2D eigenvalue weighted by molar-refractivity contribution is -0.136. The molecule has 1 aliphatic carbocycles. The van der Waals surface area contributed by atoms with Gasteiger partial charge >= 0.3 is 0 Å². The van der Waals surface area contributed by atoms with Crippen LogP contribution in [0.25, 0.3) is 0 Å². The molecular formula is C16H28N2O4. The SMILES string of the molecule is CC1(C(=O)NC(CO)C(O)C2CCCCC2)CCC(=O)NC1. The minimum absolute atomic E-state index is 0.0359. The second-order valence-corrected chi connectivity index (χ2v) is 6.99. The van der Waals surface area contributed by atoms with E-state index in [0.717, 1.165) is 25.7 Å². The maximum absolute atomic E-state index is 12.5. The minimum Gasteiger partial charge on any atom is -0.394 e. The zero-order valence-corrected chi connectivity index (χ0v) is 13.3. The molecule has 1 aliphatic heterocycles. The van der Waals surface area contributed by atoms with E-state index in [9.17, 15) is 19.8 Å². The van der Waals surface area contributed by atoms with Gasteiger partial charge in [-0.25, -0.2) is 0 Å². The van der Waals surface area contributed by atoms with Gasteiger partial charge in [0.05, 0.1) is 24.2 Å². The summed E-state index contributed by atoms with van der Waals surface area (Å²) in [4.78, 5) is 23.7. The number of nitrogens with one attached hydrogen (secondary N) is 2. The first-order valence-electron chi connectivity index (χ1n) is 8.33. The highest BCUT2D eigenvalue weighted by Gasteiger charge is 2.39. The molecule has 3 unspecified atom stereocenters. The predicted octanol–water partition coefficient (Wildman–Crippen LogP) is 0.321. The highest BCUT2D eigenvalue weighted by atomic mass is 16.3. The fourth-order valence-electron chi connectivity index (χ4n) is 3.44. The Morgan fingerprint density at radius 1 is 1.41 bits per heavy atom. The molecule has 22 heavy (non-hydrogen) atoms. The Balaban J connectivity index is 1.93. The molecule has 0 aromatic carbocycles. The first-order valence-corrected chi connectivity index (χ1v) is 8.33. The molecule has 6 heteroatoms. The number of aliphatic hydroxyl groups is 2. The normalized spacial score (nSPS) is 29.5. The average Bonchev–Trinajstić information content (AvgIpc) is 2.55. The third-order valence-electron chi connectivity index (χ3n) is 5.19.